The van der Waals surface area contributed by atoms with Crippen molar-refractivity contribution >= 4 is 5.78 Å². The van der Waals surface area contributed by atoms with E-state index in [9.17, 15) is 20.1 Å². The van der Waals surface area contributed by atoms with Gasteiger partial charge in [-0.05, 0) is 6.92 Å². The van der Waals surface area contributed by atoms with Crippen molar-refractivity contribution in [1.29, 1.82) is 0 Å². The average molecular weight is 238 g/mol. The van der Waals surface area contributed by atoms with E-state index < -0.39 is 30.2 Å². The van der Waals surface area contributed by atoms with Crippen LogP contribution < -0.4 is 0 Å². The minimum absolute atomic E-state index is 0.0423. The number of carbonyl (C=O) groups is 1. The fourth-order valence-electron chi connectivity index (χ4n) is 0.971. The van der Waals surface area contributed by atoms with Crippen LogP contribution in [0.25, 0.3) is 0 Å². The molecule has 0 saturated carbocycles. The fourth-order valence-corrected chi connectivity index (χ4v) is 0.971. The van der Waals surface area contributed by atoms with Gasteiger partial charge < -0.3 is 30.3 Å². The molecule has 5 N–H and O–H groups in total. The van der Waals surface area contributed by atoms with Crippen LogP contribution in [0.4, 0.5) is 0 Å². The molecule has 0 amide bonds. The summed E-state index contributed by atoms with van der Waals surface area (Å²) in [6.07, 6.45) is -6.41. The fraction of sp³-hybridized carbons (Fsp3) is 0.889. The Morgan fingerprint density at radius 2 is 1.81 bits per heavy atom. The van der Waals surface area contributed by atoms with E-state index in [1.165, 1.54) is 6.92 Å². The highest BCUT2D eigenvalue weighted by Gasteiger charge is 2.32. The second-order valence-electron chi connectivity index (χ2n) is 3.39. The first-order valence-corrected chi connectivity index (χ1v) is 4.86. The van der Waals surface area contributed by atoms with E-state index in [-0.39, 0.29) is 19.8 Å². The predicted molar refractivity (Wildman–Crippen MR) is 52.6 cm³/mol. The van der Waals surface area contributed by atoms with E-state index in [0.717, 1.165) is 0 Å². The molecule has 0 fully saturated rings. The zero-order valence-corrected chi connectivity index (χ0v) is 8.98. The molecule has 0 aliphatic heterocycles. The van der Waals surface area contributed by atoms with E-state index in [4.69, 9.17) is 10.2 Å². The summed E-state index contributed by atoms with van der Waals surface area (Å²) in [6, 6.07) is 0. The number of hydrogen-bond acceptors (Lipinski definition) is 7. The van der Waals surface area contributed by atoms with Crippen LogP contribution in [0, 0.1) is 0 Å². The molecular weight excluding hydrogens is 220 g/mol. The third kappa shape index (κ3) is 4.97. The van der Waals surface area contributed by atoms with Crippen LogP contribution in [-0.2, 0) is 9.53 Å². The summed E-state index contributed by atoms with van der Waals surface area (Å²) < 4.78 is 4.68. The molecule has 0 aromatic carbocycles. The lowest BCUT2D eigenvalue weighted by Gasteiger charge is -2.21. The minimum atomic E-state index is -1.87. The summed E-state index contributed by atoms with van der Waals surface area (Å²) in [5, 5.41) is 45.0. The number of aliphatic hydroxyl groups is 5. The Balaban J connectivity index is 4.11. The molecular formula is C9H18O7. The molecule has 0 saturated heterocycles. The van der Waals surface area contributed by atoms with Crippen molar-refractivity contribution in [3.63, 3.8) is 0 Å². The van der Waals surface area contributed by atoms with Gasteiger partial charge in [-0.1, -0.05) is 0 Å². The Labute approximate surface area is 92.9 Å². The number of ether oxygens (including phenoxy) is 1. The van der Waals surface area contributed by atoms with Gasteiger partial charge in [0, 0.05) is 0 Å². The van der Waals surface area contributed by atoms with E-state index in [0.29, 0.717) is 0 Å². The Bertz CT molecular complexity index is 206. The van der Waals surface area contributed by atoms with Crippen molar-refractivity contribution in [3.05, 3.63) is 0 Å². The lowest BCUT2D eigenvalue weighted by Crippen LogP contribution is -2.46. The van der Waals surface area contributed by atoms with Gasteiger partial charge in [0.2, 0.25) is 0 Å². The highest BCUT2D eigenvalue weighted by Crippen LogP contribution is 2.04. The monoisotopic (exact) mass is 238 g/mol. The lowest BCUT2D eigenvalue weighted by atomic mass is 10.0. The number of ketones is 1. The molecule has 0 spiro atoms. The molecule has 7 nitrogen and oxygen atoms in total. The minimum Gasteiger partial charge on any atom is -0.394 e. The van der Waals surface area contributed by atoms with Gasteiger partial charge >= 0.3 is 0 Å². The van der Waals surface area contributed by atoms with Crippen LogP contribution in [0.5, 0.6) is 0 Å². The van der Waals surface area contributed by atoms with Crippen LogP contribution in [0.2, 0.25) is 0 Å². The van der Waals surface area contributed by atoms with Crippen LogP contribution in [0.1, 0.15) is 6.92 Å². The van der Waals surface area contributed by atoms with Gasteiger partial charge in [0.15, 0.2) is 5.78 Å². The molecule has 1 unspecified atom stereocenters. The van der Waals surface area contributed by atoms with E-state index in [2.05, 4.69) is 4.74 Å². The Hall–Kier alpha value is -0.570. The summed E-state index contributed by atoms with van der Waals surface area (Å²) in [5.74, 6) is -1.04. The zero-order chi connectivity index (χ0) is 12.7. The maximum atomic E-state index is 11.3. The summed E-state index contributed by atoms with van der Waals surface area (Å²) >= 11 is 0. The molecule has 0 radical (unpaired) electrons. The Kier molecular flexibility index (Phi) is 7.39. The van der Waals surface area contributed by atoms with Gasteiger partial charge in [-0.3, -0.25) is 4.79 Å². The molecule has 0 heterocycles. The Morgan fingerprint density at radius 3 is 2.25 bits per heavy atom. The van der Waals surface area contributed by atoms with Crippen molar-refractivity contribution in [3.8, 4) is 0 Å². The van der Waals surface area contributed by atoms with E-state index >= 15 is 0 Å². The molecule has 16 heavy (non-hydrogen) atoms. The molecule has 0 bridgehead atoms. The summed E-state index contributed by atoms with van der Waals surface area (Å²) in [7, 11) is 0. The first-order valence-electron chi connectivity index (χ1n) is 4.86. The SMILES string of the molecule is C[C@@H](O)[C@@H](O)[C@H](O)C(=O)C(O)COCCO. The second-order valence-corrected chi connectivity index (χ2v) is 3.39. The largest absolute Gasteiger partial charge is 0.394 e. The third-order valence-corrected chi connectivity index (χ3v) is 1.95. The molecule has 4 atom stereocenters. The van der Waals surface area contributed by atoms with Crippen LogP contribution >= 0.6 is 0 Å². The molecule has 0 aliphatic carbocycles. The maximum absolute atomic E-state index is 11.3. The summed E-state index contributed by atoms with van der Waals surface area (Å²) in [4.78, 5) is 11.3. The highest BCUT2D eigenvalue weighted by molar-refractivity contribution is 5.87. The van der Waals surface area contributed by atoms with Gasteiger partial charge in [0.1, 0.15) is 18.3 Å². The number of hydrogen-bond donors (Lipinski definition) is 5. The van der Waals surface area contributed by atoms with Gasteiger partial charge in [-0.25, -0.2) is 0 Å². The van der Waals surface area contributed by atoms with Crippen molar-refractivity contribution in [2.75, 3.05) is 19.8 Å². The second kappa shape index (κ2) is 7.66. The number of aliphatic hydroxyl groups excluding tert-OH is 5. The summed E-state index contributed by atoms with van der Waals surface area (Å²) in [6.45, 7) is 0.526. The van der Waals surface area contributed by atoms with Gasteiger partial charge in [-0.2, -0.15) is 0 Å². The quantitative estimate of drug-likeness (QED) is 0.286. The standard InChI is InChI=1S/C9H18O7/c1-5(11)7(13)9(15)8(14)6(12)4-16-3-2-10/h5-7,9-13,15H,2-4H2,1H3/t5-,6?,7-,9+/m1/s1. The van der Waals surface area contributed by atoms with Crippen LogP contribution in [-0.4, -0.2) is 75.6 Å². The first-order chi connectivity index (χ1) is 7.41. The van der Waals surface area contributed by atoms with E-state index in [1.54, 1.807) is 0 Å². The lowest BCUT2D eigenvalue weighted by molar-refractivity contribution is -0.149. The van der Waals surface area contributed by atoms with Crippen LogP contribution in [0.3, 0.4) is 0 Å². The third-order valence-electron chi connectivity index (χ3n) is 1.95. The smallest absolute Gasteiger partial charge is 0.194 e. The maximum Gasteiger partial charge on any atom is 0.194 e. The molecule has 0 aromatic rings. The van der Waals surface area contributed by atoms with Crippen molar-refractivity contribution < 1.29 is 35.1 Å². The Morgan fingerprint density at radius 1 is 1.25 bits per heavy atom. The topological polar surface area (TPSA) is 127 Å². The normalized spacial score (nSPS) is 18.9. The molecule has 96 valence electrons. The van der Waals surface area contributed by atoms with E-state index in [1.807, 2.05) is 0 Å². The number of carbonyl (C=O) groups excluding carboxylic acids is 1. The zero-order valence-electron chi connectivity index (χ0n) is 8.98. The number of Topliss-reactive ketones (excluding diaryl/α,β-unsaturated/α-hetero) is 1. The van der Waals surface area contributed by atoms with Gasteiger partial charge in [-0.15, -0.1) is 0 Å². The average Bonchev–Trinajstić information content (AvgIpc) is 2.26. The van der Waals surface area contributed by atoms with Crippen molar-refractivity contribution in [2.45, 2.75) is 31.3 Å². The first kappa shape index (κ1) is 15.4. The highest BCUT2D eigenvalue weighted by atomic mass is 16.5. The number of rotatable bonds is 8. The molecule has 0 aliphatic rings. The van der Waals surface area contributed by atoms with Gasteiger partial charge in [0.05, 0.1) is 25.9 Å². The predicted octanol–water partition coefficient (Wildman–Crippen LogP) is -2.97. The molecule has 7 heteroatoms. The summed E-state index contributed by atoms with van der Waals surface area (Å²) in [5.41, 5.74) is 0. The molecule has 0 rings (SSSR count). The van der Waals surface area contributed by atoms with Crippen molar-refractivity contribution in [1.82, 2.24) is 0 Å². The van der Waals surface area contributed by atoms with Crippen molar-refractivity contribution in [2.24, 2.45) is 0 Å². The van der Waals surface area contributed by atoms with Gasteiger partial charge in [0.25, 0.3) is 0 Å². The molecule has 0 aromatic heterocycles. The van der Waals surface area contributed by atoms with Crippen LogP contribution in [0.15, 0.2) is 0 Å².